The minimum Gasteiger partial charge on any atom is -0.456 e. The van der Waals surface area contributed by atoms with Crippen LogP contribution in [0.15, 0.2) is 160 Å². The summed E-state index contributed by atoms with van der Waals surface area (Å²) >= 11 is 0. The summed E-state index contributed by atoms with van der Waals surface area (Å²) in [6.45, 7) is 0. The Hall–Kier alpha value is -5.80. The van der Waals surface area contributed by atoms with Crippen LogP contribution in [0.5, 0.6) is 0 Å². The molecule has 0 bridgehead atoms. The largest absolute Gasteiger partial charge is 0.456 e. The number of anilines is 3. The van der Waals surface area contributed by atoms with Gasteiger partial charge in [0, 0.05) is 44.2 Å². The summed E-state index contributed by atoms with van der Waals surface area (Å²) in [5.41, 5.74) is 9.12. The van der Waals surface area contributed by atoms with Crippen molar-refractivity contribution in [3.8, 4) is 11.1 Å². The lowest BCUT2D eigenvalue weighted by atomic mass is 10.0. The molecule has 0 amide bonds. The van der Waals surface area contributed by atoms with Gasteiger partial charge < -0.3 is 13.7 Å². The van der Waals surface area contributed by atoms with Gasteiger partial charge in [0.05, 0.1) is 0 Å². The number of furan rings is 2. The molecular formula is C40H25NO2. The van der Waals surface area contributed by atoms with E-state index in [1.165, 1.54) is 5.39 Å². The van der Waals surface area contributed by atoms with Crippen LogP contribution >= 0.6 is 0 Å². The lowest BCUT2D eigenvalue weighted by Crippen LogP contribution is -2.09. The number of benzene rings is 7. The van der Waals surface area contributed by atoms with E-state index in [4.69, 9.17) is 8.83 Å². The van der Waals surface area contributed by atoms with E-state index in [-0.39, 0.29) is 0 Å². The molecule has 9 aromatic rings. The Morgan fingerprint density at radius 1 is 0.372 bits per heavy atom. The van der Waals surface area contributed by atoms with Gasteiger partial charge >= 0.3 is 0 Å². The molecule has 0 radical (unpaired) electrons. The molecule has 9 rings (SSSR count). The van der Waals surface area contributed by atoms with Gasteiger partial charge in [0.15, 0.2) is 0 Å². The first-order valence-electron chi connectivity index (χ1n) is 14.5. The molecule has 2 heterocycles. The van der Waals surface area contributed by atoms with E-state index < -0.39 is 0 Å². The van der Waals surface area contributed by atoms with Crippen LogP contribution < -0.4 is 4.90 Å². The first-order chi connectivity index (χ1) is 21.3. The topological polar surface area (TPSA) is 29.5 Å². The third kappa shape index (κ3) is 3.83. The standard InChI is InChI=1S/C40H25NO2/c1-2-9-29(10-3-1)41(31-22-19-27-24-36-34-12-5-6-15-37(34)42-39(36)25-28(27)23-31)30-20-17-26(18-21-30)32-13-8-14-35-33-11-4-7-16-38(33)43-40(32)35/h1-25H. The van der Waals surface area contributed by atoms with Gasteiger partial charge in [0.1, 0.15) is 22.3 Å². The van der Waals surface area contributed by atoms with Crippen LogP contribution in [0.1, 0.15) is 0 Å². The number of para-hydroxylation sites is 4. The third-order valence-corrected chi connectivity index (χ3v) is 8.43. The number of hydrogen-bond donors (Lipinski definition) is 0. The van der Waals surface area contributed by atoms with Crippen LogP contribution in [-0.2, 0) is 0 Å². The highest BCUT2D eigenvalue weighted by molar-refractivity contribution is 6.11. The number of fused-ring (bicyclic) bond motifs is 7. The zero-order valence-electron chi connectivity index (χ0n) is 23.2. The Balaban J connectivity index is 1.16. The zero-order chi connectivity index (χ0) is 28.3. The molecule has 0 saturated heterocycles. The predicted octanol–water partition coefficient (Wildman–Crippen LogP) is 11.8. The van der Waals surface area contributed by atoms with E-state index in [1.807, 2.05) is 24.3 Å². The van der Waals surface area contributed by atoms with Crippen LogP contribution in [0, 0.1) is 0 Å². The summed E-state index contributed by atoms with van der Waals surface area (Å²) < 4.78 is 12.5. The first kappa shape index (κ1) is 23.9. The van der Waals surface area contributed by atoms with Crippen molar-refractivity contribution in [2.75, 3.05) is 4.90 Å². The monoisotopic (exact) mass is 551 g/mol. The molecule has 0 aliphatic rings. The second-order valence-electron chi connectivity index (χ2n) is 11.0. The normalized spacial score (nSPS) is 11.7. The summed E-state index contributed by atoms with van der Waals surface area (Å²) in [5, 5.41) is 6.89. The van der Waals surface area contributed by atoms with Crippen molar-refractivity contribution in [3.05, 3.63) is 152 Å². The zero-order valence-corrected chi connectivity index (χ0v) is 23.2. The summed E-state index contributed by atoms with van der Waals surface area (Å²) in [7, 11) is 0. The van der Waals surface area contributed by atoms with E-state index >= 15 is 0 Å². The maximum Gasteiger partial charge on any atom is 0.143 e. The lowest BCUT2D eigenvalue weighted by Gasteiger charge is -2.26. The molecule has 202 valence electrons. The van der Waals surface area contributed by atoms with Crippen molar-refractivity contribution in [1.29, 1.82) is 0 Å². The highest BCUT2D eigenvalue weighted by Crippen LogP contribution is 2.40. The van der Waals surface area contributed by atoms with Gasteiger partial charge in [-0.15, -0.1) is 0 Å². The molecular weight excluding hydrogens is 526 g/mol. The molecule has 3 nitrogen and oxygen atoms in total. The molecule has 3 heteroatoms. The molecule has 0 atom stereocenters. The van der Waals surface area contributed by atoms with Gasteiger partial charge in [-0.25, -0.2) is 0 Å². The molecule has 0 spiro atoms. The van der Waals surface area contributed by atoms with Gasteiger partial charge in [0.2, 0.25) is 0 Å². The molecule has 0 saturated carbocycles. The van der Waals surface area contributed by atoms with Crippen molar-refractivity contribution in [1.82, 2.24) is 0 Å². The lowest BCUT2D eigenvalue weighted by molar-refractivity contribution is 0.669. The van der Waals surface area contributed by atoms with Gasteiger partial charge in [-0.05, 0) is 77.0 Å². The fraction of sp³-hybridized carbons (Fsp3) is 0. The highest BCUT2D eigenvalue weighted by atomic mass is 16.3. The Labute approximate surface area is 247 Å². The maximum absolute atomic E-state index is 6.33. The summed E-state index contributed by atoms with van der Waals surface area (Å²) in [6, 6.07) is 53.2. The van der Waals surface area contributed by atoms with Crippen LogP contribution in [-0.4, -0.2) is 0 Å². The van der Waals surface area contributed by atoms with Gasteiger partial charge in [-0.2, -0.15) is 0 Å². The molecule has 2 aromatic heterocycles. The van der Waals surface area contributed by atoms with E-state index in [9.17, 15) is 0 Å². The Kier molecular flexibility index (Phi) is 5.20. The van der Waals surface area contributed by atoms with Gasteiger partial charge in [-0.1, -0.05) is 91.0 Å². The molecule has 0 fully saturated rings. The number of rotatable bonds is 4. The number of hydrogen-bond acceptors (Lipinski definition) is 3. The van der Waals surface area contributed by atoms with E-state index in [2.05, 4.69) is 132 Å². The molecule has 0 unspecified atom stereocenters. The second-order valence-corrected chi connectivity index (χ2v) is 11.0. The summed E-state index contributed by atoms with van der Waals surface area (Å²) in [5.74, 6) is 0. The Morgan fingerprint density at radius 2 is 1.02 bits per heavy atom. The number of nitrogens with zero attached hydrogens (tertiary/aromatic N) is 1. The molecule has 0 aliphatic carbocycles. The van der Waals surface area contributed by atoms with Gasteiger partial charge in [-0.3, -0.25) is 0 Å². The average Bonchev–Trinajstić information content (AvgIpc) is 3.62. The molecule has 0 aliphatic heterocycles. The van der Waals surface area contributed by atoms with Crippen molar-refractivity contribution in [2.45, 2.75) is 0 Å². The summed E-state index contributed by atoms with van der Waals surface area (Å²) in [6.07, 6.45) is 0. The van der Waals surface area contributed by atoms with Gasteiger partial charge in [0.25, 0.3) is 0 Å². The average molecular weight is 552 g/mol. The second kappa shape index (κ2) is 9.37. The highest BCUT2D eigenvalue weighted by Gasteiger charge is 2.16. The van der Waals surface area contributed by atoms with Crippen molar-refractivity contribution < 1.29 is 8.83 Å². The van der Waals surface area contributed by atoms with Crippen LogP contribution in [0.4, 0.5) is 17.1 Å². The molecule has 0 N–H and O–H groups in total. The van der Waals surface area contributed by atoms with Crippen molar-refractivity contribution in [2.24, 2.45) is 0 Å². The SMILES string of the molecule is c1ccc(N(c2ccc(-c3cccc4c3oc3ccccc34)cc2)c2ccc3cc4c(cc3c2)oc2ccccc24)cc1. The van der Waals surface area contributed by atoms with Crippen molar-refractivity contribution in [3.63, 3.8) is 0 Å². The quantitative estimate of drug-likeness (QED) is 0.218. The summed E-state index contributed by atoms with van der Waals surface area (Å²) in [4.78, 5) is 2.30. The minimum absolute atomic E-state index is 0.904. The fourth-order valence-electron chi connectivity index (χ4n) is 6.38. The maximum atomic E-state index is 6.33. The van der Waals surface area contributed by atoms with E-state index in [0.29, 0.717) is 0 Å². The Morgan fingerprint density at radius 3 is 1.84 bits per heavy atom. The van der Waals surface area contributed by atoms with Crippen LogP contribution in [0.2, 0.25) is 0 Å². The van der Waals surface area contributed by atoms with E-state index in [0.717, 1.165) is 77.5 Å². The van der Waals surface area contributed by atoms with Crippen LogP contribution in [0.25, 0.3) is 65.8 Å². The first-order valence-corrected chi connectivity index (χ1v) is 14.5. The third-order valence-electron chi connectivity index (χ3n) is 8.43. The Bertz CT molecular complexity index is 2450. The fourth-order valence-corrected chi connectivity index (χ4v) is 6.38. The van der Waals surface area contributed by atoms with Crippen molar-refractivity contribution >= 4 is 71.7 Å². The van der Waals surface area contributed by atoms with E-state index in [1.54, 1.807) is 0 Å². The van der Waals surface area contributed by atoms with Crippen LogP contribution in [0.3, 0.4) is 0 Å². The molecule has 7 aromatic carbocycles. The smallest absolute Gasteiger partial charge is 0.143 e. The molecule has 43 heavy (non-hydrogen) atoms. The predicted molar refractivity (Wildman–Crippen MR) is 179 cm³/mol. The minimum atomic E-state index is 0.904.